The highest BCUT2D eigenvalue weighted by Crippen LogP contribution is 2.29. The van der Waals surface area contributed by atoms with Gasteiger partial charge < -0.3 is 9.73 Å². The maximum absolute atomic E-state index is 12.8. The summed E-state index contributed by atoms with van der Waals surface area (Å²) in [6.45, 7) is 0.706. The maximum Gasteiger partial charge on any atom is 0.433 e. The van der Waals surface area contributed by atoms with E-state index in [0.29, 0.717) is 17.2 Å². The molecule has 1 unspecified atom stereocenters. The molecule has 0 saturated carbocycles. The molecule has 1 atom stereocenters. The monoisotopic (exact) mass is 413 g/mol. The van der Waals surface area contributed by atoms with Gasteiger partial charge in [0.15, 0.2) is 5.76 Å². The van der Waals surface area contributed by atoms with Gasteiger partial charge >= 0.3 is 5.88 Å². The van der Waals surface area contributed by atoms with Gasteiger partial charge in [0.2, 0.25) is 0 Å². The second-order valence-corrected chi connectivity index (χ2v) is 9.20. The summed E-state index contributed by atoms with van der Waals surface area (Å²) in [6, 6.07) is 5.46. The Kier molecular flexibility index (Phi) is 5.92. The zero-order valence-electron chi connectivity index (χ0n) is 14.4. The van der Waals surface area contributed by atoms with Gasteiger partial charge in [-0.2, -0.15) is 4.31 Å². The third-order valence-electron chi connectivity index (χ3n) is 4.39. The second-order valence-electron chi connectivity index (χ2n) is 6.14. The number of rotatable bonds is 7. The average Bonchev–Trinajstić information content (AvgIpc) is 3.34. The molecule has 11 heteroatoms. The van der Waals surface area contributed by atoms with Crippen molar-refractivity contribution in [3.05, 3.63) is 45.5 Å². The van der Waals surface area contributed by atoms with Crippen molar-refractivity contribution in [3.8, 4) is 0 Å². The minimum absolute atomic E-state index is 0.145. The first-order valence-corrected chi connectivity index (χ1v) is 10.8. The van der Waals surface area contributed by atoms with E-state index in [1.54, 1.807) is 17.5 Å². The number of hydrogen-bond acceptors (Lipinski definition) is 7. The zero-order chi connectivity index (χ0) is 19.4. The van der Waals surface area contributed by atoms with Crippen LogP contribution in [0.3, 0.4) is 0 Å². The summed E-state index contributed by atoms with van der Waals surface area (Å²) in [5.74, 6) is -1.21. The van der Waals surface area contributed by atoms with E-state index in [4.69, 9.17) is 4.42 Å². The quantitative estimate of drug-likeness (QED) is 0.550. The lowest BCUT2D eigenvalue weighted by molar-refractivity contribution is -0.402. The molecular weight excluding hydrogens is 394 g/mol. The Labute approximate surface area is 160 Å². The molecular formula is C16H19N3O6S2. The topological polar surface area (TPSA) is 123 Å². The van der Waals surface area contributed by atoms with E-state index >= 15 is 0 Å². The Morgan fingerprint density at radius 3 is 2.85 bits per heavy atom. The number of hydrogen-bond donors (Lipinski definition) is 1. The van der Waals surface area contributed by atoms with Crippen LogP contribution in [0.2, 0.25) is 0 Å². The number of nitrogens with one attached hydrogen (secondary N) is 1. The Morgan fingerprint density at radius 1 is 1.37 bits per heavy atom. The van der Waals surface area contributed by atoms with E-state index in [1.807, 2.05) is 0 Å². The highest BCUT2D eigenvalue weighted by Gasteiger charge is 2.33. The molecule has 1 N–H and O–H groups in total. The second kappa shape index (κ2) is 8.19. The highest BCUT2D eigenvalue weighted by atomic mass is 32.2. The molecule has 0 aromatic carbocycles. The highest BCUT2D eigenvalue weighted by molar-refractivity contribution is 7.91. The molecule has 1 aliphatic rings. The van der Waals surface area contributed by atoms with Crippen LogP contribution < -0.4 is 5.32 Å². The lowest BCUT2D eigenvalue weighted by Crippen LogP contribution is -2.44. The van der Waals surface area contributed by atoms with Crippen LogP contribution in [0.1, 0.15) is 36.2 Å². The van der Waals surface area contributed by atoms with Gasteiger partial charge in [-0.15, -0.1) is 11.3 Å². The summed E-state index contributed by atoms with van der Waals surface area (Å²) >= 11 is 1.19. The molecule has 1 saturated heterocycles. The van der Waals surface area contributed by atoms with Crippen molar-refractivity contribution in [2.45, 2.75) is 35.9 Å². The minimum atomic E-state index is -3.53. The van der Waals surface area contributed by atoms with Crippen molar-refractivity contribution in [2.24, 2.45) is 0 Å². The molecule has 0 aliphatic carbocycles. The molecule has 27 heavy (non-hydrogen) atoms. The minimum Gasteiger partial charge on any atom is -0.395 e. The lowest BCUT2D eigenvalue weighted by Gasteiger charge is -2.34. The number of furan rings is 1. The van der Waals surface area contributed by atoms with Gasteiger partial charge in [-0.1, -0.05) is 12.5 Å². The molecule has 1 aliphatic heterocycles. The fraction of sp³-hybridized carbons (Fsp3) is 0.438. The number of thiophene rings is 1. The molecule has 3 rings (SSSR count). The van der Waals surface area contributed by atoms with Crippen LogP contribution >= 0.6 is 11.3 Å². The normalized spacial score (nSPS) is 18.3. The van der Waals surface area contributed by atoms with Crippen LogP contribution in [-0.2, 0) is 10.0 Å². The SMILES string of the molecule is O=C(NCCC1CCCCN1S(=O)(=O)c1cccs1)c1ccc([N+](=O)[O-])o1. The maximum atomic E-state index is 12.8. The molecule has 0 spiro atoms. The van der Waals surface area contributed by atoms with Crippen LogP contribution in [-0.4, -0.2) is 42.7 Å². The van der Waals surface area contributed by atoms with Crippen molar-refractivity contribution >= 4 is 33.2 Å². The molecule has 2 aromatic rings. The largest absolute Gasteiger partial charge is 0.433 e. The standard InChI is InChI=1S/C16H19N3O6S2/c20-16(13-6-7-14(25-13)19(21)22)17-9-8-12-4-1-2-10-18(12)27(23,24)15-5-3-11-26-15/h3,5-7,11-12H,1-2,4,8-10H2,(H,17,20). The number of sulfonamides is 1. The van der Waals surface area contributed by atoms with Gasteiger partial charge in [0.05, 0.1) is 6.07 Å². The third kappa shape index (κ3) is 4.37. The van der Waals surface area contributed by atoms with E-state index in [2.05, 4.69) is 5.32 Å². The lowest BCUT2D eigenvalue weighted by atomic mass is 10.0. The summed E-state index contributed by atoms with van der Waals surface area (Å²) in [5.41, 5.74) is 0. The first-order valence-electron chi connectivity index (χ1n) is 8.47. The van der Waals surface area contributed by atoms with Crippen molar-refractivity contribution in [3.63, 3.8) is 0 Å². The van der Waals surface area contributed by atoms with Gasteiger partial charge in [-0.3, -0.25) is 14.9 Å². The first-order chi connectivity index (χ1) is 12.9. The van der Waals surface area contributed by atoms with Crippen LogP contribution in [0.25, 0.3) is 0 Å². The number of amides is 1. The Bertz CT molecular complexity index is 906. The summed E-state index contributed by atoms with van der Waals surface area (Å²) in [4.78, 5) is 21.9. The van der Waals surface area contributed by atoms with E-state index in [1.165, 1.54) is 21.7 Å². The molecule has 146 valence electrons. The van der Waals surface area contributed by atoms with Gasteiger partial charge in [0.25, 0.3) is 15.9 Å². The van der Waals surface area contributed by atoms with Crippen LogP contribution in [0.5, 0.6) is 0 Å². The first kappa shape index (κ1) is 19.5. The number of nitrogens with zero attached hydrogens (tertiary/aromatic N) is 2. The fourth-order valence-electron chi connectivity index (χ4n) is 3.09. The van der Waals surface area contributed by atoms with E-state index in [9.17, 15) is 23.3 Å². The third-order valence-corrected chi connectivity index (χ3v) is 7.71. The predicted octanol–water partition coefficient (Wildman–Crippen LogP) is 2.61. The van der Waals surface area contributed by atoms with Gasteiger partial charge in [0, 0.05) is 19.1 Å². The molecule has 3 heterocycles. The van der Waals surface area contributed by atoms with E-state index in [0.717, 1.165) is 25.3 Å². The smallest absolute Gasteiger partial charge is 0.395 e. The zero-order valence-corrected chi connectivity index (χ0v) is 16.0. The van der Waals surface area contributed by atoms with Crippen molar-refractivity contribution < 1.29 is 22.6 Å². The summed E-state index contributed by atoms with van der Waals surface area (Å²) in [5, 5.41) is 15.0. The van der Waals surface area contributed by atoms with Crippen LogP contribution in [0.15, 0.2) is 38.3 Å². The molecule has 0 radical (unpaired) electrons. The fourth-order valence-corrected chi connectivity index (χ4v) is 5.94. The Hall–Kier alpha value is -2.24. The molecule has 1 amide bonds. The summed E-state index contributed by atoms with van der Waals surface area (Å²) < 4.78 is 32.3. The number of carbonyl (C=O) groups is 1. The van der Waals surface area contributed by atoms with Gasteiger partial charge in [-0.25, -0.2) is 8.42 Å². The van der Waals surface area contributed by atoms with Gasteiger partial charge in [0.1, 0.15) is 9.13 Å². The molecule has 9 nitrogen and oxygen atoms in total. The predicted molar refractivity (Wildman–Crippen MR) is 98.2 cm³/mol. The van der Waals surface area contributed by atoms with Gasteiger partial charge in [-0.05, 0) is 36.8 Å². The van der Waals surface area contributed by atoms with Crippen molar-refractivity contribution in [2.75, 3.05) is 13.1 Å². The summed E-state index contributed by atoms with van der Waals surface area (Å²) in [7, 11) is -3.53. The number of piperidine rings is 1. The molecule has 1 fully saturated rings. The average molecular weight is 413 g/mol. The Balaban J connectivity index is 1.60. The number of carbonyl (C=O) groups excluding carboxylic acids is 1. The van der Waals surface area contributed by atoms with Crippen molar-refractivity contribution in [1.82, 2.24) is 9.62 Å². The number of nitro groups is 1. The van der Waals surface area contributed by atoms with Crippen LogP contribution in [0.4, 0.5) is 5.88 Å². The van der Waals surface area contributed by atoms with Crippen LogP contribution in [0, 0.1) is 10.1 Å². The van der Waals surface area contributed by atoms with Crippen molar-refractivity contribution in [1.29, 1.82) is 0 Å². The van der Waals surface area contributed by atoms with E-state index < -0.39 is 26.7 Å². The van der Waals surface area contributed by atoms with E-state index in [-0.39, 0.29) is 18.3 Å². The molecule has 2 aromatic heterocycles. The summed E-state index contributed by atoms with van der Waals surface area (Å²) in [6.07, 6.45) is 2.93. The molecule has 0 bridgehead atoms. The Morgan fingerprint density at radius 2 is 2.19 bits per heavy atom.